The van der Waals surface area contributed by atoms with Gasteiger partial charge in [-0.15, -0.1) is 0 Å². The van der Waals surface area contributed by atoms with Crippen molar-refractivity contribution in [3.8, 4) is 0 Å². The average Bonchev–Trinajstić information content (AvgIpc) is 2.31. The number of nitrogens with one attached hydrogen (secondary N) is 1. The van der Waals surface area contributed by atoms with Crippen molar-refractivity contribution >= 4 is 45.8 Å². The largest absolute Gasteiger partial charge is 0.325 e. The monoisotopic (exact) mass is 399 g/mol. The molecule has 1 saturated carbocycles. The van der Waals surface area contributed by atoms with Crippen molar-refractivity contribution in [2.45, 2.75) is 31.6 Å². The Kier molecular flexibility index (Phi) is 4.66. The fourth-order valence-electron chi connectivity index (χ4n) is 2.22. The molecular formula is C13H13ClF2INO. The quantitative estimate of drug-likeness (QED) is 0.717. The Morgan fingerprint density at radius 3 is 2.84 bits per heavy atom. The molecule has 1 unspecified atom stereocenters. The van der Waals surface area contributed by atoms with Crippen molar-refractivity contribution < 1.29 is 13.6 Å². The molecule has 2 nitrogen and oxygen atoms in total. The van der Waals surface area contributed by atoms with Gasteiger partial charge in [0.1, 0.15) is 0 Å². The molecule has 1 aliphatic rings. The molecule has 0 radical (unpaired) electrons. The van der Waals surface area contributed by atoms with Gasteiger partial charge in [0.25, 0.3) is 0 Å². The lowest BCUT2D eigenvalue weighted by Crippen LogP contribution is -2.33. The molecular weight excluding hydrogens is 387 g/mol. The van der Waals surface area contributed by atoms with E-state index < -0.39 is 11.8 Å². The first-order chi connectivity index (χ1) is 8.87. The van der Waals surface area contributed by atoms with Crippen molar-refractivity contribution in [1.82, 2.24) is 0 Å². The van der Waals surface area contributed by atoms with Crippen molar-refractivity contribution in [2.75, 3.05) is 5.32 Å². The van der Waals surface area contributed by atoms with Gasteiger partial charge in [0.05, 0.1) is 10.7 Å². The average molecular weight is 400 g/mol. The summed E-state index contributed by atoms with van der Waals surface area (Å²) in [6.45, 7) is 0. The summed E-state index contributed by atoms with van der Waals surface area (Å²) in [4.78, 5) is 12.0. The van der Waals surface area contributed by atoms with Crippen LogP contribution in [0.15, 0.2) is 18.2 Å². The van der Waals surface area contributed by atoms with Gasteiger partial charge in [-0.2, -0.15) is 0 Å². The Labute approximate surface area is 129 Å². The van der Waals surface area contributed by atoms with Crippen molar-refractivity contribution in [3.05, 3.63) is 26.8 Å². The van der Waals surface area contributed by atoms with Crippen LogP contribution >= 0.6 is 34.2 Å². The number of amides is 1. The van der Waals surface area contributed by atoms with Gasteiger partial charge in [0.15, 0.2) is 0 Å². The van der Waals surface area contributed by atoms with E-state index in [2.05, 4.69) is 27.9 Å². The zero-order chi connectivity index (χ0) is 14.0. The Morgan fingerprint density at radius 2 is 2.21 bits per heavy atom. The van der Waals surface area contributed by atoms with E-state index in [0.29, 0.717) is 23.6 Å². The van der Waals surface area contributed by atoms with Crippen LogP contribution in [-0.2, 0) is 4.79 Å². The summed E-state index contributed by atoms with van der Waals surface area (Å²) < 4.78 is 27.5. The molecule has 0 saturated heterocycles. The van der Waals surface area contributed by atoms with Gasteiger partial charge < -0.3 is 5.32 Å². The number of carbonyl (C=O) groups is 1. The molecule has 0 spiro atoms. The molecule has 0 aliphatic heterocycles. The van der Waals surface area contributed by atoms with E-state index in [0.717, 1.165) is 3.57 Å². The molecule has 1 aromatic rings. The van der Waals surface area contributed by atoms with Gasteiger partial charge in [-0.05, 0) is 53.6 Å². The number of halogens is 4. The third-order valence-electron chi connectivity index (χ3n) is 3.20. The summed E-state index contributed by atoms with van der Waals surface area (Å²) in [5.74, 6) is -3.74. The molecule has 1 aromatic carbocycles. The number of benzene rings is 1. The fraction of sp³-hybridized carbons (Fsp3) is 0.462. The van der Waals surface area contributed by atoms with E-state index in [-0.39, 0.29) is 18.7 Å². The topological polar surface area (TPSA) is 29.1 Å². The summed E-state index contributed by atoms with van der Waals surface area (Å²) in [6, 6.07) is 5.20. The highest BCUT2D eigenvalue weighted by Gasteiger charge is 2.39. The van der Waals surface area contributed by atoms with Gasteiger partial charge in [-0.25, -0.2) is 8.78 Å². The van der Waals surface area contributed by atoms with E-state index in [9.17, 15) is 13.6 Å². The van der Waals surface area contributed by atoms with Gasteiger partial charge in [0, 0.05) is 22.3 Å². The van der Waals surface area contributed by atoms with Crippen molar-refractivity contribution in [3.63, 3.8) is 0 Å². The Bertz CT molecular complexity index is 496. The van der Waals surface area contributed by atoms with Crippen LogP contribution in [-0.4, -0.2) is 11.8 Å². The smallest absolute Gasteiger partial charge is 0.248 e. The van der Waals surface area contributed by atoms with E-state index in [1.807, 2.05) is 0 Å². The maximum absolute atomic E-state index is 13.3. The predicted molar refractivity (Wildman–Crippen MR) is 79.7 cm³/mol. The van der Waals surface area contributed by atoms with Gasteiger partial charge >= 0.3 is 0 Å². The highest BCUT2D eigenvalue weighted by molar-refractivity contribution is 14.1. The minimum atomic E-state index is -2.73. The van der Waals surface area contributed by atoms with Crippen LogP contribution in [0, 0.1) is 9.49 Å². The Hall–Kier alpha value is -0.430. The fourth-order valence-corrected chi connectivity index (χ4v) is 3.12. The van der Waals surface area contributed by atoms with Crippen LogP contribution in [0.4, 0.5) is 14.5 Å². The number of hydrogen-bond donors (Lipinski definition) is 1. The zero-order valence-corrected chi connectivity index (χ0v) is 13.0. The number of alkyl halides is 2. The SMILES string of the molecule is O=C(Nc1ccc(I)cc1Cl)C1CCCC(F)(F)C1. The van der Waals surface area contributed by atoms with Crippen LogP contribution in [0.25, 0.3) is 0 Å². The van der Waals surface area contributed by atoms with Crippen LogP contribution in [0.5, 0.6) is 0 Å². The van der Waals surface area contributed by atoms with E-state index in [4.69, 9.17) is 11.6 Å². The second-order valence-corrected chi connectivity index (χ2v) is 6.42. The lowest BCUT2D eigenvalue weighted by Gasteiger charge is -2.28. The normalized spacial score (nSPS) is 22.0. The third-order valence-corrected chi connectivity index (χ3v) is 4.18. The predicted octanol–water partition coefficient (Wildman–Crippen LogP) is 4.71. The standard InChI is InChI=1S/C13H13ClF2INO/c14-10-6-9(17)3-4-11(10)18-12(19)8-2-1-5-13(15,16)7-8/h3-4,6,8H,1-2,5,7H2,(H,18,19). The van der Waals surface area contributed by atoms with Crippen LogP contribution in [0.2, 0.25) is 5.02 Å². The second-order valence-electron chi connectivity index (χ2n) is 4.76. The summed E-state index contributed by atoms with van der Waals surface area (Å²) in [5.41, 5.74) is 0.473. The van der Waals surface area contributed by atoms with Crippen LogP contribution < -0.4 is 5.32 Å². The van der Waals surface area contributed by atoms with Crippen molar-refractivity contribution in [1.29, 1.82) is 0 Å². The number of anilines is 1. The zero-order valence-electron chi connectivity index (χ0n) is 10.1. The molecule has 1 atom stereocenters. The molecule has 6 heteroatoms. The highest BCUT2D eigenvalue weighted by Crippen LogP contribution is 2.37. The number of rotatable bonds is 2. The first kappa shape index (κ1) is 15.0. The van der Waals surface area contributed by atoms with E-state index in [1.165, 1.54) is 0 Å². The summed E-state index contributed by atoms with van der Waals surface area (Å²) in [7, 11) is 0. The maximum Gasteiger partial charge on any atom is 0.248 e. The van der Waals surface area contributed by atoms with Crippen LogP contribution in [0.3, 0.4) is 0 Å². The Morgan fingerprint density at radius 1 is 1.47 bits per heavy atom. The van der Waals surface area contributed by atoms with E-state index in [1.54, 1.807) is 18.2 Å². The minimum absolute atomic E-state index is 0.124. The first-order valence-corrected chi connectivity index (χ1v) is 7.47. The van der Waals surface area contributed by atoms with Crippen molar-refractivity contribution in [2.24, 2.45) is 5.92 Å². The molecule has 1 N–H and O–H groups in total. The van der Waals surface area contributed by atoms with Gasteiger partial charge in [-0.3, -0.25) is 4.79 Å². The molecule has 1 amide bonds. The van der Waals surface area contributed by atoms with Gasteiger partial charge in [-0.1, -0.05) is 11.6 Å². The third kappa shape index (κ3) is 4.02. The summed E-state index contributed by atoms with van der Waals surface area (Å²) >= 11 is 8.11. The summed E-state index contributed by atoms with van der Waals surface area (Å²) in [5, 5.41) is 3.06. The number of carbonyl (C=O) groups excluding carboxylic acids is 1. The lowest BCUT2D eigenvalue weighted by atomic mass is 9.86. The number of hydrogen-bond acceptors (Lipinski definition) is 1. The molecule has 2 rings (SSSR count). The molecule has 0 aromatic heterocycles. The molecule has 0 bridgehead atoms. The highest BCUT2D eigenvalue weighted by atomic mass is 127. The van der Waals surface area contributed by atoms with Crippen LogP contribution in [0.1, 0.15) is 25.7 Å². The molecule has 0 heterocycles. The molecule has 1 fully saturated rings. The maximum atomic E-state index is 13.3. The minimum Gasteiger partial charge on any atom is -0.325 e. The Balaban J connectivity index is 2.04. The molecule has 1 aliphatic carbocycles. The van der Waals surface area contributed by atoms with E-state index >= 15 is 0 Å². The molecule has 104 valence electrons. The lowest BCUT2D eigenvalue weighted by molar-refractivity contribution is -0.127. The first-order valence-electron chi connectivity index (χ1n) is 6.01. The van der Waals surface area contributed by atoms with Gasteiger partial charge in [0.2, 0.25) is 11.8 Å². The summed E-state index contributed by atoms with van der Waals surface area (Å²) in [6.07, 6.45) is 0.386. The second kappa shape index (κ2) is 5.91. The molecule has 19 heavy (non-hydrogen) atoms.